The molecular formula is C14H21N3S. The van der Waals surface area contributed by atoms with Gasteiger partial charge in [-0.1, -0.05) is 26.1 Å². The molecule has 1 saturated carbocycles. The van der Waals surface area contributed by atoms with Gasteiger partial charge in [0.1, 0.15) is 4.99 Å². The summed E-state index contributed by atoms with van der Waals surface area (Å²) in [5, 5.41) is 3.56. The summed E-state index contributed by atoms with van der Waals surface area (Å²) in [6.45, 7) is 4.70. The summed E-state index contributed by atoms with van der Waals surface area (Å²) in [4.78, 5) is 4.50. The Hall–Kier alpha value is -1.16. The van der Waals surface area contributed by atoms with E-state index in [4.69, 9.17) is 18.0 Å². The molecule has 0 radical (unpaired) electrons. The molecule has 1 fully saturated rings. The smallest absolute Gasteiger partial charge is 0.122 e. The van der Waals surface area contributed by atoms with Gasteiger partial charge in [-0.05, 0) is 43.2 Å². The molecule has 1 aliphatic rings. The number of nitrogens with two attached hydrogens (primary N) is 1. The first-order valence-corrected chi connectivity index (χ1v) is 6.89. The fourth-order valence-electron chi connectivity index (χ4n) is 2.43. The Kier molecular flexibility index (Phi) is 3.85. The van der Waals surface area contributed by atoms with Crippen LogP contribution in [0, 0.1) is 5.41 Å². The van der Waals surface area contributed by atoms with Crippen LogP contribution in [0.2, 0.25) is 0 Å². The molecule has 0 amide bonds. The lowest BCUT2D eigenvalue weighted by Gasteiger charge is -2.35. The number of nitrogens with one attached hydrogen (secondary N) is 1. The lowest BCUT2D eigenvalue weighted by Crippen LogP contribution is -2.30. The second-order valence-corrected chi connectivity index (χ2v) is 6.32. The first kappa shape index (κ1) is 13.3. The van der Waals surface area contributed by atoms with Gasteiger partial charge in [0.25, 0.3) is 0 Å². The molecule has 98 valence electrons. The molecule has 18 heavy (non-hydrogen) atoms. The topological polar surface area (TPSA) is 50.9 Å². The Morgan fingerprint density at radius 2 is 2.11 bits per heavy atom. The summed E-state index contributed by atoms with van der Waals surface area (Å²) in [7, 11) is 0. The maximum Gasteiger partial charge on any atom is 0.122 e. The average molecular weight is 263 g/mol. The van der Waals surface area contributed by atoms with E-state index in [-0.39, 0.29) is 0 Å². The Bertz CT molecular complexity index is 432. The number of nitrogens with zero attached hydrogens (tertiary/aromatic N) is 1. The first-order chi connectivity index (χ1) is 8.46. The Labute approximate surface area is 114 Å². The van der Waals surface area contributed by atoms with Crippen LogP contribution in [-0.4, -0.2) is 16.0 Å². The highest BCUT2D eigenvalue weighted by Crippen LogP contribution is 2.36. The minimum absolute atomic E-state index is 0.350. The molecule has 4 heteroatoms. The molecule has 1 aromatic rings. The fourth-order valence-corrected chi connectivity index (χ4v) is 2.55. The number of rotatable bonds is 3. The zero-order valence-corrected chi connectivity index (χ0v) is 11.9. The molecule has 3 nitrogen and oxygen atoms in total. The summed E-state index contributed by atoms with van der Waals surface area (Å²) >= 11 is 4.94. The van der Waals surface area contributed by atoms with Gasteiger partial charge in [0.15, 0.2) is 0 Å². The third kappa shape index (κ3) is 3.42. The third-order valence-electron chi connectivity index (χ3n) is 3.72. The van der Waals surface area contributed by atoms with E-state index in [1.165, 1.54) is 25.7 Å². The van der Waals surface area contributed by atoms with Crippen molar-refractivity contribution in [1.82, 2.24) is 4.98 Å². The lowest BCUT2D eigenvalue weighted by molar-refractivity contribution is 0.232. The first-order valence-electron chi connectivity index (χ1n) is 6.49. The van der Waals surface area contributed by atoms with Crippen LogP contribution in [0.25, 0.3) is 0 Å². The fraction of sp³-hybridized carbons (Fsp3) is 0.571. The van der Waals surface area contributed by atoms with E-state index in [0.29, 0.717) is 22.1 Å². The summed E-state index contributed by atoms with van der Waals surface area (Å²) in [6, 6.07) is 4.46. The summed E-state index contributed by atoms with van der Waals surface area (Å²) in [6.07, 6.45) is 6.74. The molecule has 1 aromatic heterocycles. The van der Waals surface area contributed by atoms with Crippen molar-refractivity contribution in [2.75, 3.05) is 5.32 Å². The number of pyridine rings is 1. The quantitative estimate of drug-likeness (QED) is 0.823. The zero-order chi connectivity index (χ0) is 13.2. The molecule has 0 unspecified atom stereocenters. The van der Waals surface area contributed by atoms with E-state index in [9.17, 15) is 0 Å². The van der Waals surface area contributed by atoms with Crippen molar-refractivity contribution in [2.24, 2.45) is 11.1 Å². The third-order valence-corrected chi connectivity index (χ3v) is 3.93. The van der Waals surface area contributed by atoms with Gasteiger partial charge in [0.2, 0.25) is 0 Å². The van der Waals surface area contributed by atoms with Crippen LogP contribution >= 0.6 is 12.2 Å². The van der Waals surface area contributed by atoms with Crippen molar-refractivity contribution < 1.29 is 0 Å². The van der Waals surface area contributed by atoms with Crippen LogP contribution < -0.4 is 11.1 Å². The van der Waals surface area contributed by atoms with E-state index in [2.05, 4.69) is 24.1 Å². The predicted octanol–water partition coefficient (Wildman–Crippen LogP) is 3.10. The van der Waals surface area contributed by atoms with E-state index in [1.807, 2.05) is 12.1 Å². The van der Waals surface area contributed by atoms with Crippen molar-refractivity contribution in [3.8, 4) is 0 Å². The van der Waals surface area contributed by atoms with Crippen LogP contribution in [0.5, 0.6) is 0 Å². The number of thiocarbonyl (C=S) groups is 1. The molecule has 2 rings (SSSR count). The lowest BCUT2D eigenvalue weighted by atomic mass is 9.75. The molecule has 1 heterocycles. The van der Waals surface area contributed by atoms with E-state index in [0.717, 1.165) is 5.69 Å². The Balaban J connectivity index is 1.98. The number of hydrogen-bond acceptors (Lipinski definition) is 3. The van der Waals surface area contributed by atoms with Gasteiger partial charge in [-0.3, -0.25) is 4.98 Å². The molecule has 3 N–H and O–H groups in total. The highest BCUT2D eigenvalue weighted by Gasteiger charge is 2.26. The molecule has 0 saturated heterocycles. The summed E-state index contributed by atoms with van der Waals surface area (Å²) in [5.41, 5.74) is 7.85. The van der Waals surface area contributed by atoms with Crippen LogP contribution in [0.15, 0.2) is 18.3 Å². The van der Waals surface area contributed by atoms with E-state index in [1.54, 1.807) is 6.20 Å². The van der Waals surface area contributed by atoms with Crippen LogP contribution in [0.1, 0.15) is 45.2 Å². The van der Waals surface area contributed by atoms with Crippen molar-refractivity contribution in [2.45, 2.75) is 45.6 Å². The largest absolute Gasteiger partial charge is 0.388 e. The SMILES string of the molecule is CC1(C)CCC(Nc2ccnc(C(N)=S)c2)CC1. The standard InChI is InChI=1S/C14H21N3S/c1-14(2)6-3-10(4-7-14)17-11-5-8-16-12(9-11)13(15)18/h5,8-10H,3-4,6-7H2,1-2H3,(H2,15,18)(H,16,17). The predicted molar refractivity (Wildman–Crippen MR) is 79.8 cm³/mol. The maximum atomic E-state index is 5.59. The average Bonchev–Trinajstić information content (AvgIpc) is 2.32. The van der Waals surface area contributed by atoms with Crippen LogP contribution in [-0.2, 0) is 0 Å². The second kappa shape index (κ2) is 5.22. The van der Waals surface area contributed by atoms with Gasteiger partial charge in [0, 0.05) is 17.9 Å². The highest BCUT2D eigenvalue weighted by atomic mass is 32.1. The molecule has 0 spiro atoms. The summed E-state index contributed by atoms with van der Waals surface area (Å²) in [5.74, 6) is 0. The normalized spacial score (nSPS) is 19.4. The van der Waals surface area contributed by atoms with Gasteiger partial charge in [-0.2, -0.15) is 0 Å². The molecule has 0 aliphatic heterocycles. The molecule has 0 aromatic carbocycles. The number of anilines is 1. The van der Waals surface area contributed by atoms with Crippen LogP contribution in [0.3, 0.4) is 0 Å². The van der Waals surface area contributed by atoms with E-state index < -0.39 is 0 Å². The zero-order valence-electron chi connectivity index (χ0n) is 11.1. The highest BCUT2D eigenvalue weighted by molar-refractivity contribution is 7.80. The summed E-state index contributed by atoms with van der Waals surface area (Å²) < 4.78 is 0. The maximum absolute atomic E-state index is 5.59. The minimum Gasteiger partial charge on any atom is -0.388 e. The van der Waals surface area contributed by atoms with Crippen molar-refractivity contribution in [1.29, 1.82) is 0 Å². The van der Waals surface area contributed by atoms with Crippen molar-refractivity contribution in [3.63, 3.8) is 0 Å². The Morgan fingerprint density at radius 1 is 1.44 bits per heavy atom. The van der Waals surface area contributed by atoms with Gasteiger partial charge < -0.3 is 11.1 Å². The van der Waals surface area contributed by atoms with Gasteiger partial charge >= 0.3 is 0 Å². The van der Waals surface area contributed by atoms with E-state index >= 15 is 0 Å². The monoisotopic (exact) mass is 263 g/mol. The molecule has 0 atom stereocenters. The number of hydrogen-bond donors (Lipinski definition) is 2. The number of aromatic nitrogens is 1. The molecule has 1 aliphatic carbocycles. The molecular weight excluding hydrogens is 242 g/mol. The van der Waals surface area contributed by atoms with Crippen LogP contribution in [0.4, 0.5) is 5.69 Å². The van der Waals surface area contributed by atoms with Gasteiger partial charge in [-0.15, -0.1) is 0 Å². The Morgan fingerprint density at radius 3 is 2.72 bits per heavy atom. The minimum atomic E-state index is 0.350. The molecule has 0 bridgehead atoms. The van der Waals surface area contributed by atoms with Gasteiger partial charge in [-0.25, -0.2) is 0 Å². The second-order valence-electron chi connectivity index (χ2n) is 5.88. The van der Waals surface area contributed by atoms with Crippen molar-refractivity contribution in [3.05, 3.63) is 24.0 Å². The van der Waals surface area contributed by atoms with Crippen molar-refractivity contribution >= 4 is 22.9 Å². The van der Waals surface area contributed by atoms with Gasteiger partial charge in [0.05, 0.1) is 5.69 Å².